The van der Waals surface area contributed by atoms with Gasteiger partial charge in [0.05, 0.1) is 0 Å². The Kier molecular flexibility index (Phi) is 4.61. The Bertz CT molecular complexity index is 788. The molecule has 0 amide bonds. The van der Waals surface area contributed by atoms with E-state index in [2.05, 4.69) is 20.6 Å². The van der Waals surface area contributed by atoms with Gasteiger partial charge in [-0.1, -0.05) is 12.1 Å². The van der Waals surface area contributed by atoms with Crippen LogP contribution >= 0.6 is 0 Å². The van der Waals surface area contributed by atoms with Crippen molar-refractivity contribution in [1.82, 2.24) is 9.97 Å². The van der Waals surface area contributed by atoms with Crippen molar-refractivity contribution < 1.29 is 18.0 Å². The van der Waals surface area contributed by atoms with Crippen LogP contribution in [-0.4, -0.2) is 21.8 Å². The summed E-state index contributed by atoms with van der Waals surface area (Å²) in [6, 6.07) is 6.63. The molecule has 1 heterocycles. The quantitative estimate of drug-likeness (QED) is 0.782. The Morgan fingerprint density at radius 3 is 2.64 bits per heavy atom. The smallest absolute Gasteiger partial charge is 0.367 e. The molecule has 1 saturated carbocycles. The number of nitrogens with one attached hydrogen (secondary N) is 2. The summed E-state index contributed by atoms with van der Waals surface area (Å²) in [6.07, 6.45) is -1.12. The van der Waals surface area contributed by atoms with Crippen molar-refractivity contribution in [3.8, 4) is 0 Å². The third-order valence-electron chi connectivity index (χ3n) is 4.07. The van der Waals surface area contributed by atoms with Crippen LogP contribution in [0, 0.1) is 0 Å². The van der Waals surface area contributed by atoms with E-state index in [1.807, 2.05) is 0 Å². The lowest BCUT2D eigenvalue weighted by Gasteiger charge is -2.28. The minimum atomic E-state index is -4.53. The van der Waals surface area contributed by atoms with Gasteiger partial charge in [-0.05, 0) is 38.3 Å². The molecule has 0 aliphatic heterocycles. The maximum absolute atomic E-state index is 13.1. The second-order valence-corrected chi connectivity index (χ2v) is 5.99. The highest BCUT2D eigenvalue weighted by Crippen LogP contribution is 2.35. The average Bonchev–Trinajstić information content (AvgIpc) is 2.50. The molecule has 1 aromatic carbocycles. The number of aromatic nitrogens is 2. The van der Waals surface area contributed by atoms with E-state index in [0.29, 0.717) is 11.3 Å². The maximum Gasteiger partial charge on any atom is 0.421 e. The molecule has 0 radical (unpaired) electrons. The summed E-state index contributed by atoms with van der Waals surface area (Å²) in [5.74, 6) is -0.294. The number of carbonyl (C=O) groups excluding carboxylic acids is 1. The van der Waals surface area contributed by atoms with E-state index in [-0.39, 0.29) is 23.6 Å². The zero-order chi connectivity index (χ0) is 18.0. The number of hydrogen-bond acceptors (Lipinski definition) is 5. The first-order valence-corrected chi connectivity index (χ1v) is 7.92. The standard InChI is InChI=1S/C17H17F3N4O/c1-10(25)11-4-2-7-13(8-11)23-16-21-9-14(17(18,19)20)15(24-16)22-12-5-3-6-12/h2,4,7-9,12H,3,5-6H2,1H3,(H2,21,22,23,24). The van der Waals surface area contributed by atoms with Crippen LogP contribution in [0.1, 0.15) is 42.1 Å². The first-order valence-electron chi connectivity index (χ1n) is 7.92. The van der Waals surface area contributed by atoms with Crippen LogP contribution in [-0.2, 0) is 6.18 Å². The molecule has 0 atom stereocenters. The van der Waals surface area contributed by atoms with Gasteiger partial charge in [0.25, 0.3) is 0 Å². The molecule has 1 aromatic heterocycles. The fraction of sp³-hybridized carbons (Fsp3) is 0.353. The van der Waals surface area contributed by atoms with Crippen molar-refractivity contribution in [2.45, 2.75) is 38.4 Å². The lowest BCUT2D eigenvalue weighted by molar-refractivity contribution is -0.137. The molecule has 2 N–H and O–H groups in total. The van der Waals surface area contributed by atoms with E-state index < -0.39 is 11.7 Å². The minimum absolute atomic E-state index is 0.00453. The van der Waals surface area contributed by atoms with Gasteiger partial charge in [0.2, 0.25) is 5.95 Å². The number of ketones is 1. The summed E-state index contributed by atoms with van der Waals surface area (Å²) in [6.45, 7) is 1.44. The minimum Gasteiger partial charge on any atom is -0.367 e. The Balaban J connectivity index is 1.87. The summed E-state index contributed by atoms with van der Waals surface area (Å²) < 4.78 is 39.4. The van der Waals surface area contributed by atoms with Crippen molar-refractivity contribution in [2.75, 3.05) is 10.6 Å². The van der Waals surface area contributed by atoms with Gasteiger partial charge in [-0.2, -0.15) is 18.2 Å². The number of anilines is 3. The predicted molar refractivity (Wildman–Crippen MR) is 88.0 cm³/mol. The number of hydrogen-bond donors (Lipinski definition) is 2. The van der Waals surface area contributed by atoms with Gasteiger partial charge < -0.3 is 10.6 Å². The summed E-state index contributed by atoms with van der Waals surface area (Å²) in [5, 5.41) is 5.69. The molecule has 0 unspecified atom stereocenters. The molecule has 25 heavy (non-hydrogen) atoms. The SMILES string of the molecule is CC(=O)c1cccc(Nc2ncc(C(F)(F)F)c(NC3CCC3)n2)c1. The monoisotopic (exact) mass is 350 g/mol. The number of carbonyl (C=O) groups is 1. The molecule has 1 fully saturated rings. The Morgan fingerprint density at radius 1 is 1.28 bits per heavy atom. The number of alkyl halides is 3. The van der Waals surface area contributed by atoms with E-state index in [0.717, 1.165) is 25.5 Å². The van der Waals surface area contributed by atoms with Crippen molar-refractivity contribution in [1.29, 1.82) is 0 Å². The van der Waals surface area contributed by atoms with Gasteiger partial charge in [-0.25, -0.2) is 4.98 Å². The maximum atomic E-state index is 13.1. The molecule has 3 rings (SSSR count). The molecule has 8 heteroatoms. The zero-order valence-corrected chi connectivity index (χ0v) is 13.5. The van der Waals surface area contributed by atoms with Crippen molar-refractivity contribution >= 4 is 23.2 Å². The molecule has 1 aliphatic rings. The normalized spacial score (nSPS) is 14.7. The Labute approximate surface area is 142 Å². The Hall–Kier alpha value is -2.64. The van der Waals surface area contributed by atoms with Crippen LogP contribution in [0.25, 0.3) is 0 Å². The molecule has 132 valence electrons. The number of rotatable bonds is 5. The highest BCUT2D eigenvalue weighted by Gasteiger charge is 2.36. The van der Waals surface area contributed by atoms with Crippen molar-refractivity contribution in [2.24, 2.45) is 0 Å². The first kappa shape index (κ1) is 17.2. The average molecular weight is 350 g/mol. The third-order valence-corrected chi connectivity index (χ3v) is 4.07. The number of Topliss-reactive ketones (excluding diaryl/α,β-unsaturated/α-hetero) is 1. The molecule has 0 spiro atoms. The van der Waals surface area contributed by atoms with E-state index in [9.17, 15) is 18.0 Å². The van der Waals surface area contributed by atoms with Gasteiger partial charge in [-0.15, -0.1) is 0 Å². The second-order valence-electron chi connectivity index (χ2n) is 5.99. The molecular formula is C17H17F3N4O. The van der Waals surface area contributed by atoms with Gasteiger partial charge in [0, 0.05) is 23.5 Å². The van der Waals surface area contributed by atoms with Crippen LogP contribution < -0.4 is 10.6 Å². The van der Waals surface area contributed by atoms with Crippen LogP contribution in [0.15, 0.2) is 30.5 Å². The highest BCUT2D eigenvalue weighted by molar-refractivity contribution is 5.95. The fourth-order valence-corrected chi connectivity index (χ4v) is 2.45. The number of halogens is 3. The van der Waals surface area contributed by atoms with E-state index in [4.69, 9.17) is 0 Å². The number of benzene rings is 1. The molecule has 2 aromatic rings. The molecule has 1 aliphatic carbocycles. The van der Waals surface area contributed by atoms with E-state index in [1.54, 1.807) is 24.3 Å². The Morgan fingerprint density at radius 2 is 2.04 bits per heavy atom. The number of nitrogens with zero attached hydrogens (tertiary/aromatic N) is 2. The topological polar surface area (TPSA) is 66.9 Å². The lowest BCUT2D eigenvalue weighted by atomic mass is 9.93. The van der Waals surface area contributed by atoms with Crippen LogP contribution in [0.3, 0.4) is 0 Å². The second kappa shape index (κ2) is 6.70. The van der Waals surface area contributed by atoms with E-state index in [1.165, 1.54) is 6.92 Å². The largest absolute Gasteiger partial charge is 0.421 e. The summed E-state index contributed by atoms with van der Waals surface area (Å²) in [7, 11) is 0. The summed E-state index contributed by atoms with van der Waals surface area (Å²) in [5.41, 5.74) is 0.134. The molecule has 0 bridgehead atoms. The fourth-order valence-electron chi connectivity index (χ4n) is 2.45. The van der Waals surface area contributed by atoms with Crippen LogP contribution in [0.4, 0.5) is 30.6 Å². The van der Waals surface area contributed by atoms with Gasteiger partial charge >= 0.3 is 6.18 Å². The van der Waals surface area contributed by atoms with Gasteiger partial charge in [0.1, 0.15) is 11.4 Å². The first-order chi connectivity index (χ1) is 11.8. The predicted octanol–water partition coefficient (Wildman–Crippen LogP) is 4.41. The van der Waals surface area contributed by atoms with Crippen molar-refractivity contribution in [3.63, 3.8) is 0 Å². The van der Waals surface area contributed by atoms with Gasteiger partial charge in [0.15, 0.2) is 5.78 Å². The zero-order valence-electron chi connectivity index (χ0n) is 13.5. The van der Waals surface area contributed by atoms with Gasteiger partial charge in [-0.3, -0.25) is 4.79 Å². The van der Waals surface area contributed by atoms with Crippen LogP contribution in [0.5, 0.6) is 0 Å². The molecule has 0 saturated heterocycles. The molecular weight excluding hydrogens is 333 g/mol. The lowest BCUT2D eigenvalue weighted by Crippen LogP contribution is -2.29. The molecule has 5 nitrogen and oxygen atoms in total. The summed E-state index contributed by atoms with van der Waals surface area (Å²) in [4.78, 5) is 19.2. The highest BCUT2D eigenvalue weighted by atomic mass is 19.4. The summed E-state index contributed by atoms with van der Waals surface area (Å²) >= 11 is 0. The van der Waals surface area contributed by atoms with Crippen molar-refractivity contribution in [3.05, 3.63) is 41.6 Å². The van der Waals surface area contributed by atoms with Crippen LogP contribution in [0.2, 0.25) is 0 Å². The van der Waals surface area contributed by atoms with E-state index >= 15 is 0 Å². The third kappa shape index (κ3) is 4.07.